The molecule has 1 fully saturated rings. The van der Waals surface area contributed by atoms with Crippen LogP contribution in [-0.4, -0.2) is 28.6 Å². The van der Waals surface area contributed by atoms with Gasteiger partial charge in [0.05, 0.1) is 0 Å². The number of piperidine rings is 1. The maximum atomic E-state index is 11.3. The summed E-state index contributed by atoms with van der Waals surface area (Å²) >= 11 is 1.67. The van der Waals surface area contributed by atoms with Crippen molar-refractivity contribution < 1.29 is 9.90 Å². The summed E-state index contributed by atoms with van der Waals surface area (Å²) in [6, 6.07) is 1.78. The SMILES string of the molecule is CCC1CCN(Cc2ccsc2)C(C(=O)O)C1. The molecule has 2 unspecified atom stereocenters. The lowest BCUT2D eigenvalue weighted by molar-refractivity contribution is -0.145. The van der Waals surface area contributed by atoms with Crippen LogP contribution in [0.3, 0.4) is 0 Å². The topological polar surface area (TPSA) is 40.5 Å². The maximum absolute atomic E-state index is 11.3. The summed E-state index contributed by atoms with van der Waals surface area (Å²) < 4.78 is 0. The minimum atomic E-state index is -0.668. The molecule has 1 aliphatic rings. The van der Waals surface area contributed by atoms with Gasteiger partial charge in [-0.25, -0.2) is 0 Å². The number of aliphatic carboxylic acids is 1. The zero-order valence-electron chi connectivity index (χ0n) is 10.1. The van der Waals surface area contributed by atoms with E-state index in [9.17, 15) is 9.90 Å². The lowest BCUT2D eigenvalue weighted by Crippen LogP contribution is -2.46. The second-order valence-corrected chi connectivity index (χ2v) is 5.53. The van der Waals surface area contributed by atoms with Crippen LogP contribution in [-0.2, 0) is 11.3 Å². The quantitative estimate of drug-likeness (QED) is 0.897. The first-order chi connectivity index (χ1) is 8.20. The van der Waals surface area contributed by atoms with Crippen molar-refractivity contribution in [1.82, 2.24) is 4.90 Å². The van der Waals surface area contributed by atoms with Crippen molar-refractivity contribution in [2.75, 3.05) is 6.54 Å². The van der Waals surface area contributed by atoms with Gasteiger partial charge in [0, 0.05) is 6.54 Å². The molecule has 0 amide bonds. The Morgan fingerprint density at radius 1 is 1.65 bits per heavy atom. The number of nitrogens with zero attached hydrogens (tertiary/aromatic N) is 1. The molecular weight excluding hydrogens is 234 g/mol. The maximum Gasteiger partial charge on any atom is 0.320 e. The first kappa shape index (κ1) is 12.6. The molecule has 0 radical (unpaired) electrons. The number of hydrogen-bond acceptors (Lipinski definition) is 3. The molecule has 2 heterocycles. The van der Waals surface area contributed by atoms with Crippen LogP contribution < -0.4 is 0 Å². The number of thiophene rings is 1. The van der Waals surface area contributed by atoms with Crippen molar-refractivity contribution in [3.8, 4) is 0 Å². The van der Waals surface area contributed by atoms with Crippen LogP contribution in [0.2, 0.25) is 0 Å². The summed E-state index contributed by atoms with van der Waals surface area (Å²) in [6.07, 6.45) is 3.02. The Labute approximate surface area is 106 Å². The van der Waals surface area contributed by atoms with Gasteiger partial charge in [-0.05, 0) is 47.7 Å². The molecule has 1 aromatic heterocycles. The van der Waals surface area contributed by atoms with Crippen molar-refractivity contribution >= 4 is 17.3 Å². The molecule has 2 atom stereocenters. The Morgan fingerprint density at radius 3 is 3.06 bits per heavy atom. The lowest BCUT2D eigenvalue weighted by atomic mass is 9.88. The Balaban J connectivity index is 2.02. The molecular formula is C13H19NO2S. The molecule has 0 aliphatic carbocycles. The average Bonchev–Trinajstić information content (AvgIpc) is 2.82. The van der Waals surface area contributed by atoms with E-state index in [1.54, 1.807) is 11.3 Å². The number of carboxylic acids is 1. The van der Waals surface area contributed by atoms with Gasteiger partial charge in [-0.3, -0.25) is 9.69 Å². The van der Waals surface area contributed by atoms with Crippen LogP contribution in [0.25, 0.3) is 0 Å². The highest BCUT2D eigenvalue weighted by atomic mass is 32.1. The molecule has 1 N–H and O–H groups in total. The standard InChI is InChI=1S/C13H19NO2S/c1-2-10-3-5-14(12(7-10)13(15)16)8-11-4-6-17-9-11/h4,6,9-10,12H,2-3,5,7-8H2,1H3,(H,15,16). The van der Waals surface area contributed by atoms with Gasteiger partial charge in [-0.1, -0.05) is 13.3 Å². The van der Waals surface area contributed by atoms with Gasteiger partial charge in [0.2, 0.25) is 0 Å². The van der Waals surface area contributed by atoms with Crippen molar-refractivity contribution in [2.24, 2.45) is 5.92 Å². The summed E-state index contributed by atoms with van der Waals surface area (Å²) in [4.78, 5) is 13.4. The molecule has 0 bridgehead atoms. The van der Waals surface area contributed by atoms with E-state index in [1.807, 2.05) is 5.38 Å². The second kappa shape index (κ2) is 5.65. The largest absolute Gasteiger partial charge is 0.480 e. The summed E-state index contributed by atoms with van der Waals surface area (Å²) in [5.41, 5.74) is 1.23. The molecule has 17 heavy (non-hydrogen) atoms. The number of rotatable bonds is 4. The summed E-state index contributed by atoms with van der Waals surface area (Å²) in [7, 11) is 0. The number of carboxylic acid groups (broad SMARTS) is 1. The van der Waals surface area contributed by atoms with E-state index in [-0.39, 0.29) is 6.04 Å². The van der Waals surface area contributed by atoms with Gasteiger partial charge in [-0.2, -0.15) is 11.3 Å². The number of carbonyl (C=O) groups is 1. The highest BCUT2D eigenvalue weighted by Crippen LogP contribution is 2.27. The highest BCUT2D eigenvalue weighted by molar-refractivity contribution is 7.07. The van der Waals surface area contributed by atoms with Crippen LogP contribution >= 0.6 is 11.3 Å². The summed E-state index contributed by atoms with van der Waals surface area (Å²) in [5, 5.41) is 13.5. The van der Waals surface area contributed by atoms with Gasteiger partial charge in [0.25, 0.3) is 0 Å². The summed E-state index contributed by atoms with van der Waals surface area (Å²) in [5.74, 6) is -0.0896. The Kier molecular flexibility index (Phi) is 4.18. The molecule has 3 nitrogen and oxygen atoms in total. The Hall–Kier alpha value is -0.870. The van der Waals surface area contributed by atoms with E-state index < -0.39 is 5.97 Å². The van der Waals surface area contributed by atoms with Gasteiger partial charge in [0.1, 0.15) is 6.04 Å². The molecule has 1 aromatic rings. The summed E-state index contributed by atoms with van der Waals surface area (Å²) in [6.45, 7) is 3.83. The zero-order valence-corrected chi connectivity index (χ0v) is 10.9. The van der Waals surface area contributed by atoms with E-state index in [2.05, 4.69) is 23.3 Å². The Bertz CT molecular complexity index is 364. The predicted molar refractivity (Wildman–Crippen MR) is 69.2 cm³/mol. The normalized spacial score (nSPS) is 25.9. The zero-order chi connectivity index (χ0) is 12.3. The van der Waals surface area contributed by atoms with Crippen molar-refractivity contribution in [1.29, 1.82) is 0 Å². The molecule has 2 rings (SSSR count). The van der Waals surface area contributed by atoms with Crippen LogP contribution in [0.1, 0.15) is 31.7 Å². The third kappa shape index (κ3) is 3.07. The first-order valence-electron chi connectivity index (χ1n) is 6.18. The lowest BCUT2D eigenvalue weighted by Gasteiger charge is -2.36. The van der Waals surface area contributed by atoms with E-state index in [1.165, 1.54) is 5.56 Å². The average molecular weight is 253 g/mol. The van der Waals surface area contributed by atoms with E-state index in [0.717, 1.165) is 32.4 Å². The van der Waals surface area contributed by atoms with Crippen molar-refractivity contribution in [3.05, 3.63) is 22.4 Å². The molecule has 94 valence electrons. The van der Waals surface area contributed by atoms with Gasteiger partial charge >= 0.3 is 5.97 Å². The second-order valence-electron chi connectivity index (χ2n) is 4.75. The minimum absolute atomic E-state index is 0.298. The minimum Gasteiger partial charge on any atom is -0.480 e. The third-order valence-corrected chi connectivity index (χ3v) is 4.38. The fraction of sp³-hybridized carbons (Fsp3) is 0.615. The molecule has 0 aromatic carbocycles. The van der Waals surface area contributed by atoms with E-state index >= 15 is 0 Å². The molecule has 1 saturated heterocycles. The van der Waals surface area contributed by atoms with Crippen LogP contribution in [0.15, 0.2) is 16.8 Å². The van der Waals surface area contributed by atoms with Crippen molar-refractivity contribution in [2.45, 2.75) is 38.8 Å². The van der Waals surface area contributed by atoms with Gasteiger partial charge in [-0.15, -0.1) is 0 Å². The van der Waals surface area contributed by atoms with Gasteiger partial charge in [0.15, 0.2) is 0 Å². The molecule has 0 saturated carbocycles. The predicted octanol–water partition coefficient (Wildman–Crippen LogP) is 2.82. The fourth-order valence-corrected chi connectivity index (χ4v) is 3.18. The Morgan fingerprint density at radius 2 is 2.47 bits per heavy atom. The smallest absolute Gasteiger partial charge is 0.320 e. The number of hydrogen-bond donors (Lipinski definition) is 1. The number of likely N-dealkylation sites (tertiary alicyclic amines) is 1. The van der Waals surface area contributed by atoms with Gasteiger partial charge < -0.3 is 5.11 Å². The highest BCUT2D eigenvalue weighted by Gasteiger charge is 2.32. The molecule has 1 aliphatic heterocycles. The molecule has 0 spiro atoms. The molecule has 4 heteroatoms. The third-order valence-electron chi connectivity index (χ3n) is 3.65. The fourth-order valence-electron chi connectivity index (χ4n) is 2.52. The van der Waals surface area contributed by atoms with Crippen LogP contribution in [0, 0.1) is 5.92 Å². The van der Waals surface area contributed by atoms with E-state index in [4.69, 9.17) is 0 Å². The van der Waals surface area contributed by atoms with Crippen LogP contribution in [0.5, 0.6) is 0 Å². The van der Waals surface area contributed by atoms with Crippen LogP contribution in [0.4, 0.5) is 0 Å². The monoisotopic (exact) mass is 253 g/mol. The first-order valence-corrected chi connectivity index (χ1v) is 7.13. The van der Waals surface area contributed by atoms with Crippen molar-refractivity contribution in [3.63, 3.8) is 0 Å². The van der Waals surface area contributed by atoms with E-state index in [0.29, 0.717) is 5.92 Å².